The molecule has 2 aliphatic rings. The zero-order valence-electron chi connectivity index (χ0n) is 22.7. The second-order valence-corrected chi connectivity index (χ2v) is 10.9. The number of aliphatic hydroxyl groups is 1. The summed E-state index contributed by atoms with van der Waals surface area (Å²) in [5.74, 6) is 2.07. The highest BCUT2D eigenvalue weighted by Gasteiger charge is 2.47. The van der Waals surface area contributed by atoms with Crippen molar-refractivity contribution in [3.63, 3.8) is 0 Å². The number of anilines is 1. The van der Waals surface area contributed by atoms with E-state index in [1.165, 1.54) is 4.90 Å². The molecule has 1 aromatic carbocycles. The largest absolute Gasteiger partial charge is 0.491 e. The summed E-state index contributed by atoms with van der Waals surface area (Å²) in [6, 6.07) is 4.79. The van der Waals surface area contributed by atoms with Gasteiger partial charge in [0.25, 0.3) is 0 Å². The topological polar surface area (TPSA) is 99.8 Å². The van der Waals surface area contributed by atoms with Crippen molar-refractivity contribution in [2.24, 2.45) is 0 Å². The highest BCUT2D eigenvalue weighted by Crippen LogP contribution is 2.41. The molecule has 0 saturated carbocycles. The fourth-order valence-corrected chi connectivity index (χ4v) is 5.86. The summed E-state index contributed by atoms with van der Waals surface area (Å²) >= 11 is 6.63. The molecule has 0 amide bonds. The monoisotopic (exact) mass is 580 g/mol. The molecule has 0 unspecified atom stereocenters. The summed E-state index contributed by atoms with van der Waals surface area (Å²) in [6.07, 6.45) is -4.30. The lowest BCUT2D eigenvalue weighted by atomic mass is 10.0. The Kier molecular flexibility index (Phi) is 7.97. The van der Waals surface area contributed by atoms with Crippen molar-refractivity contribution >= 4 is 17.4 Å². The smallest absolute Gasteiger partial charge is 0.401 e. The normalized spacial score (nSPS) is 20.0. The van der Waals surface area contributed by atoms with Crippen molar-refractivity contribution in [2.75, 3.05) is 44.7 Å². The maximum atomic E-state index is 13.1. The fourth-order valence-electron chi connectivity index (χ4n) is 5.65. The zero-order valence-corrected chi connectivity index (χ0v) is 23.5. The number of aliphatic hydroxyl groups excluding tert-OH is 1. The van der Waals surface area contributed by atoms with E-state index in [4.69, 9.17) is 30.8 Å². The fraction of sp³-hybridized carbons (Fsp3) is 0.519. The molecular weight excluding hydrogens is 549 g/mol. The molecule has 216 valence electrons. The number of aromatic nitrogens is 3. The number of benzene rings is 1. The second-order valence-electron chi connectivity index (χ2n) is 10.4. The van der Waals surface area contributed by atoms with Gasteiger partial charge in [0.05, 0.1) is 28.5 Å². The molecule has 5 rings (SSSR count). The first-order valence-electron chi connectivity index (χ1n) is 13.1. The van der Waals surface area contributed by atoms with E-state index in [1.807, 2.05) is 13.8 Å². The predicted molar refractivity (Wildman–Crippen MR) is 145 cm³/mol. The number of hydrogen-bond acceptors (Lipinski definition) is 9. The van der Waals surface area contributed by atoms with E-state index in [9.17, 15) is 18.3 Å². The highest BCUT2D eigenvalue weighted by molar-refractivity contribution is 6.33. The van der Waals surface area contributed by atoms with E-state index in [2.05, 4.69) is 15.4 Å². The van der Waals surface area contributed by atoms with Gasteiger partial charge >= 0.3 is 6.18 Å². The summed E-state index contributed by atoms with van der Waals surface area (Å²) in [4.78, 5) is 13.4. The van der Waals surface area contributed by atoms with Crippen LogP contribution in [0.1, 0.15) is 23.4 Å². The van der Waals surface area contributed by atoms with Gasteiger partial charge in [-0.05, 0) is 52.4 Å². The molecule has 0 radical (unpaired) electrons. The molecule has 2 aliphatic heterocycles. The van der Waals surface area contributed by atoms with Crippen LogP contribution >= 0.6 is 11.6 Å². The minimum Gasteiger partial charge on any atom is -0.491 e. The molecule has 13 heteroatoms. The lowest BCUT2D eigenvalue weighted by Crippen LogP contribution is -2.49. The van der Waals surface area contributed by atoms with Crippen LogP contribution in [0, 0.1) is 20.8 Å². The van der Waals surface area contributed by atoms with Crippen LogP contribution in [0.3, 0.4) is 0 Å². The van der Waals surface area contributed by atoms with Gasteiger partial charge in [0, 0.05) is 42.8 Å². The molecule has 4 heterocycles. The number of aryl methyl sites for hydroxylation is 2. The molecule has 2 bridgehead atoms. The number of hydrogen-bond donors (Lipinski definition) is 2. The Morgan fingerprint density at radius 3 is 2.60 bits per heavy atom. The first-order valence-corrected chi connectivity index (χ1v) is 13.5. The highest BCUT2D eigenvalue weighted by atomic mass is 35.5. The van der Waals surface area contributed by atoms with Gasteiger partial charge in [-0.1, -0.05) is 16.8 Å². The Morgan fingerprint density at radius 1 is 1.20 bits per heavy atom. The molecule has 3 atom stereocenters. The van der Waals surface area contributed by atoms with Gasteiger partial charge in [0.15, 0.2) is 5.82 Å². The Labute approximate surface area is 235 Å². The maximum Gasteiger partial charge on any atom is 0.401 e. The van der Waals surface area contributed by atoms with Crippen LogP contribution in [-0.2, 0) is 0 Å². The summed E-state index contributed by atoms with van der Waals surface area (Å²) in [6.45, 7) is 5.83. The number of likely N-dealkylation sites (N-methyl/N-ethyl adjacent to an activating group) is 1. The van der Waals surface area contributed by atoms with Crippen molar-refractivity contribution in [2.45, 2.75) is 51.6 Å². The first kappa shape index (κ1) is 28.6. The van der Waals surface area contributed by atoms with Crippen LogP contribution in [0.4, 0.5) is 19.0 Å². The molecule has 0 spiro atoms. The third-order valence-electron chi connectivity index (χ3n) is 7.46. The molecule has 40 heavy (non-hydrogen) atoms. The Hall–Kier alpha value is -2.93. The number of nitrogens with zero attached hydrogens (tertiary/aromatic N) is 5. The van der Waals surface area contributed by atoms with E-state index in [-0.39, 0.29) is 18.7 Å². The number of ether oxygens (including phenoxy) is 1. The molecular formula is C27H32ClF3N6O3. The standard InChI is InChI=1S/C27H32ClF3N6O3/c1-14-24(23-15(2)35-40-16(23)3)33-25(21-8-20(5-6-22(21)28)39-12-19(38)9-32-4)34-26(14)37-11-17-7-18(37)10-36(17)13-27(29,30)31/h5-6,8,17-19,32,38H,7,9-13H2,1-4H3/t17-,18-,19-/m1/s1. The Bertz CT molecular complexity index is 1360. The second kappa shape index (κ2) is 11.2. The average molecular weight is 581 g/mol. The summed E-state index contributed by atoms with van der Waals surface area (Å²) in [5.41, 5.74) is 3.34. The number of halogens is 4. The molecule has 2 saturated heterocycles. The van der Waals surface area contributed by atoms with Crippen molar-refractivity contribution in [3.05, 3.63) is 40.2 Å². The lowest BCUT2D eigenvalue weighted by molar-refractivity contribution is -0.148. The van der Waals surface area contributed by atoms with Crippen LogP contribution in [0.15, 0.2) is 22.7 Å². The number of likely N-dealkylation sites (tertiary alicyclic amines) is 1. The number of rotatable bonds is 9. The molecule has 0 aliphatic carbocycles. The molecule has 2 N–H and O–H groups in total. The number of fused-ring (bicyclic) bond motifs is 2. The third kappa shape index (κ3) is 5.76. The maximum absolute atomic E-state index is 13.1. The van der Waals surface area contributed by atoms with Gasteiger partial charge in [-0.15, -0.1) is 0 Å². The number of alkyl halides is 3. The third-order valence-corrected chi connectivity index (χ3v) is 7.79. The molecule has 2 aromatic heterocycles. The minimum absolute atomic E-state index is 0.0809. The van der Waals surface area contributed by atoms with E-state index in [0.29, 0.717) is 71.2 Å². The van der Waals surface area contributed by atoms with E-state index >= 15 is 0 Å². The van der Waals surface area contributed by atoms with Crippen LogP contribution in [0.5, 0.6) is 5.75 Å². The van der Waals surface area contributed by atoms with Crippen molar-refractivity contribution in [1.82, 2.24) is 25.3 Å². The van der Waals surface area contributed by atoms with Gasteiger partial charge in [0.2, 0.25) is 0 Å². The first-order chi connectivity index (χ1) is 18.9. The summed E-state index contributed by atoms with van der Waals surface area (Å²) in [5, 5.41) is 17.4. The van der Waals surface area contributed by atoms with Crippen LogP contribution in [0.25, 0.3) is 22.6 Å². The van der Waals surface area contributed by atoms with Crippen LogP contribution in [0.2, 0.25) is 5.02 Å². The lowest BCUT2D eigenvalue weighted by Gasteiger charge is -2.36. The Morgan fingerprint density at radius 2 is 1.98 bits per heavy atom. The minimum atomic E-state index is -4.24. The van der Waals surface area contributed by atoms with Crippen molar-refractivity contribution < 1.29 is 27.5 Å². The summed E-state index contributed by atoms with van der Waals surface area (Å²) < 4.78 is 50.6. The van der Waals surface area contributed by atoms with Crippen LogP contribution in [-0.4, -0.2) is 89.3 Å². The average Bonchev–Trinajstić information content (AvgIpc) is 3.57. The number of nitrogens with one attached hydrogen (secondary N) is 1. The SMILES string of the molecule is CNC[C@@H](O)COc1ccc(Cl)c(-c2nc(-c3c(C)noc3C)c(C)c(N3C[C@H]4C[C@@H]3CN4CC(F)(F)F)n2)c1. The number of piperazine rings is 1. The van der Waals surface area contributed by atoms with Gasteiger partial charge in [-0.3, -0.25) is 4.90 Å². The Balaban J connectivity index is 1.54. The summed E-state index contributed by atoms with van der Waals surface area (Å²) in [7, 11) is 1.74. The van der Waals surface area contributed by atoms with Crippen molar-refractivity contribution in [1.29, 1.82) is 0 Å². The van der Waals surface area contributed by atoms with E-state index in [0.717, 1.165) is 11.1 Å². The van der Waals surface area contributed by atoms with E-state index < -0.39 is 18.8 Å². The van der Waals surface area contributed by atoms with Gasteiger partial charge in [-0.25, -0.2) is 9.97 Å². The predicted octanol–water partition coefficient (Wildman–Crippen LogP) is 4.16. The van der Waals surface area contributed by atoms with Crippen molar-refractivity contribution in [3.8, 4) is 28.4 Å². The van der Waals surface area contributed by atoms with E-state index in [1.54, 1.807) is 32.2 Å². The quantitative estimate of drug-likeness (QED) is 0.386. The van der Waals surface area contributed by atoms with Crippen LogP contribution < -0.4 is 15.0 Å². The van der Waals surface area contributed by atoms with Gasteiger partial charge in [-0.2, -0.15) is 13.2 Å². The molecule has 3 aromatic rings. The van der Waals surface area contributed by atoms with Gasteiger partial charge in [0.1, 0.15) is 30.0 Å². The van der Waals surface area contributed by atoms with Gasteiger partial charge < -0.3 is 24.6 Å². The zero-order chi connectivity index (χ0) is 28.8. The molecule has 2 fully saturated rings. The molecule has 9 nitrogen and oxygen atoms in total.